The average Bonchev–Trinajstić information content (AvgIpc) is 2.89. The zero-order chi connectivity index (χ0) is 13.7. The normalized spacial score (nSPS) is 10.6. The van der Waals surface area contributed by atoms with Gasteiger partial charge in [-0.3, -0.25) is 14.0 Å². The number of esters is 1. The molecule has 2 heterocycles. The second-order valence-electron chi connectivity index (χ2n) is 3.91. The maximum atomic E-state index is 11.6. The molecule has 2 rings (SSSR count). The number of rotatable bonds is 6. The first-order valence-electron chi connectivity index (χ1n) is 6.02. The van der Waals surface area contributed by atoms with Crippen LogP contribution in [-0.4, -0.2) is 34.4 Å². The second-order valence-corrected chi connectivity index (χ2v) is 4.78. The molecule has 0 aliphatic heterocycles. The summed E-state index contributed by atoms with van der Waals surface area (Å²) in [5.74, 6) is -0.444. The van der Waals surface area contributed by atoms with Gasteiger partial charge in [-0.15, -0.1) is 11.3 Å². The summed E-state index contributed by atoms with van der Waals surface area (Å²) >= 11 is 1.52. The van der Waals surface area contributed by atoms with E-state index >= 15 is 0 Å². The van der Waals surface area contributed by atoms with Crippen LogP contribution in [0.4, 0.5) is 0 Å². The number of aromatic nitrogens is 2. The molecule has 1 amide bonds. The molecular formula is C12H15N3O3S. The van der Waals surface area contributed by atoms with Crippen LogP contribution in [0.2, 0.25) is 0 Å². The smallest absolute Gasteiger partial charge is 0.307 e. The standard InChI is InChI=1S/C12H15N3O3S/c1-2-18-11(17)3-4-13-10(16)7-9-8-15-5-6-19-12(15)14-9/h5-6,8H,2-4,7H2,1H3,(H,13,16). The molecule has 102 valence electrons. The summed E-state index contributed by atoms with van der Waals surface area (Å²) in [6.45, 7) is 2.40. The zero-order valence-electron chi connectivity index (χ0n) is 10.6. The number of thiazole rings is 1. The molecule has 0 aliphatic rings. The molecule has 2 aromatic heterocycles. The Bertz CT molecular complexity index is 547. The van der Waals surface area contributed by atoms with Crippen LogP contribution in [0.3, 0.4) is 0 Å². The van der Waals surface area contributed by atoms with Gasteiger partial charge in [0.25, 0.3) is 0 Å². The van der Waals surface area contributed by atoms with E-state index in [1.165, 1.54) is 11.3 Å². The van der Waals surface area contributed by atoms with Gasteiger partial charge in [-0.25, -0.2) is 4.98 Å². The molecule has 0 unspecified atom stereocenters. The minimum atomic E-state index is -0.301. The fourth-order valence-electron chi connectivity index (χ4n) is 1.63. The van der Waals surface area contributed by atoms with Crippen molar-refractivity contribution in [2.75, 3.05) is 13.2 Å². The Morgan fingerprint density at radius 3 is 3.11 bits per heavy atom. The molecule has 0 spiro atoms. The van der Waals surface area contributed by atoms with Crippen LogP contribution >= 0.6 is 11.3 Å². The Hall–Kier alpha value is -1.89. The molecule has 0 atom stereocenters. The third-order valence-corrected chi connectivity index (χ3v) is 3.21. The van der Waals surface area contributed by atoms with Crippen LogP contribution in [0.5, 0.6) is 0 Å². The SMILES string of the molecule is CCOC(=O)CCNC(=O)Cc1cn2ccsc2n1. The van der Waals surface area contributed by atoms with Crippen molar-refractivity contribution >= 4 is 28.2 Å². The number of fused-ring (bicyclic) bond motifs is 1. The van der Waals surface area contributed by atoms with E-state index in [9.17, 15) is 9.59 Å². The topological polar surface area (TPSA) is 72.7 Å². The molecule has 19 heavy (non-hydrogen) atoms. The Kier molecular flexibility index (Phi) is 4.51. The molecule has 0 saturated carbocycles. The Labute approximate surface area is 114 Å². The summed E-state index contributed by atoms with van der Waals surface area (Å²) in [7, 11) is 0. The van der Waals surface area contributed by atoms with E-state index in [1.807, 2.05) is 22.2 Å². The summed E-state index contributed by atoms with van der Waals surface area (Å²) in [5.41, 5.74) is 0.723. The number of hydrogen-bond acceptors (Lipinski definition) is 5. The Balaban J connectivity index is 1.75. The molecule has 0 bridgehead atoms. The second kappa shape index (κ2) is 6.33. The van der Waals surface area contributed by atoms with Gasteiger partial charge in [0.05, 0.1) is 25.1 Å². The number of nitrogens with zero attached hydrogens (tertiary/aromatic N) is 2. The van der Waals surface area contributed by atoms with Gasteiger partial charge in [-0.2, -0.15) is 0 Å². The van der Waals surface area contributed by atoms with Crippen molar-refractivity contribution in [1.29, 1.82) is 0 Å². The summed E-state index contributed by atoms with van der Waals surface area (Å²) < 4.78 is 6.65. The molecule has 1 N–H and O–H groups in total. The van der Waals surface area contributed by atoms with Crippen LogP contribution < -0.4 is 5.32 Å². The monoisotopic (exact) mass is 281 g/mol. The largest absolute Gasteiger partial charge is 0.466 e. The summed E-state index contributed by atoms with van der Waals surface area (Å²) in [6.07, 6.45) is 4.14. The van der Waals surface area contributed by atoms with Gasteiger partial charge in [0.1, 0.15) is 0 Å². The third kappa shape index (κ3) is 3.78. The predicted octanol–water partition coefficient (Wildman–Crippen LogP) is 1.01. The molecule has 0 aromatic carbocycles. The van der Waals surface area contributed by atoms with E-state index in [4.69, 9.17) is 4.74 Å². The highest BCUT2D eigenvalue weighted by atomic mass is 32.1. The van der Waals surface area contributed by atoms with E-state index in [2.05, 4.69) is 10.3 Å². The molecule has 6 nitrogen and oxygen atoms in total. The highest BCUT2D eigenvalue weighted by molar-refractivity contribution is 7.15. The van der Waals surface area contributed by atoms with E-state index < -0.39 is 0 Å². The van der Waals surface area contributed by atoms with Gasteiger partial charge in [-0.05, 0) is 6.92 Å². The van der Waals surface area contributed by atoms with Gasteiger partial charge in [-0.1, -0.05) is 0 Å². The Morgan fingerprint density at radius 1 is 1.53 bits per heavy atom. The summed E-state index contributed by atoms with van der Waals surface area (Å²) in [6, 6.07) is 0. The van der Waals surface area contributed by atoms with Crippen molar-refractivity contribution < 1.29 is 14.3 Å². The van der Waals surface area contributed by atoms with E-state index in [0.29, 0.717) is 13.2 Å². The first kappa shape index (κ1) is 13.5. The average molecular weight is 281 g/mol. The van der Waals surface area contributed by atoms with Crippen LogP contribution in [0.15, 0.2) is 17.8 Å². The minimum Gasteiger partial charge on any atom is -0.466 e. The van der Waals surface area contributed by atoms with Gasteiger partial charge in [0.2, 0.25) is 5.91 Å². The summed E-state index contributed by atoms with van der Waals surface area (Å²) in [4.78, 5) is 27.9. The summed E-state index contributed by atoms with van der Waals surface area (Å²) in [5, 5.41) is 4.61. The lowest BCUT2D eigenvalue weighted by Gasteiger charge is -2.03. The number of hydrogen-bond donors (Lipinski definition) is 1. The van der Waals surface area contributed by atoms with Crippen LogP contribution in [-0.2, 0) is 20.7 Å². The molecule has 2 aromatic rings. The zero-order valence-corrected chi connectivity index (χ0v) is 11.4. The molecule has 7 heteroatoms. The quantitative estimate of drug-likeness (QED) is 0.802. The van der Waals surface area contributed by atoms with Crippen molar-refractivity contribution in [3.63, 3.8) is 0 Å². The number of amides is 1. The van der Waals surface area contributed by atoms with Gasteiger partial charge in [0.15, 0.2) is 4.96 Å². The minimum absolute atomic E-state index is 0.143. The highest BCUT2D eigenvalue weighted by Crippen LogP contribution is 2.11. The molecular weight excluding hydrogens is 266 g/mol. The predicted molar refractivity (Wildman–Crippen MR) is 71.0 cm³/mol. The van der Waals surface area contributed by atoms with Crippen molar-refractivity contribution in [2.24, 2.45) is 0 Å². The van der Waals surface area contributed by atoms with Gasteiger partial charge < -0.3 is 10.1 Å². The molecule has 0 radical (unpaired) electrons. The van der Waals surface area contributed by atoms with Gasteiger partial charge >= 0.3 is 5.97 Å². The van der Waals surface area contributed by atoms with Crippen molar-refractivity contribution in [3.8, 4) is 0 Å². The van der Waals surface area contributed by atoms with Crippen molar-refractivity contribution in [1.82, 2.24) is 14.7 Å². The maximum Gasteiger partial charge on any atom is 0.307 e. The fraction of sp³-hybridized carbons (Fsp3) is 0.417. The van der Waals surface area contributed by atoms with Crippen LogP contribution in [0.1, 0.15) is 19.0 Å². The van der Waals surface area contributed by atoms with E-state index in [1.54, 1.807) is 6.92 Å². The van der Waals surface area contributed by atoms with E-state index in [-0.39, 0.29) is 24.7 Å². The van der Waals surface area contributed by atoms with Crippen molar-refractivity contribution in [3.05, 3.63) is 23.5 Å². The molecule has 0 fully saturated rings. The van der Waals surface area contributed by atoms with Crippen LogP contribution in [0, 0.1) is 0 Å². The van der Waals surface area contributed by atoms with Gasteiger partial charge in [0, 0.05) is 24.3 Å². The third-order valence-electron chi connectivity index (χ3n) is 2.44. The lowest BCUT2D eigenvalue weighted by molar-refractivity contribution is -0.143. The molecule has 0 saturated heterocycles. The fourth-order valence-corrected chi connectivity index (χ4v) is 2.34. The highest BCUT2D eigenvalue weighted by Gasteiger charge is 2.09. The lowest BCUT2D eigenvalue weighted by atomic mass is 10.3. The molecule has 0 aliphatic carbocycles. The van der Waals surface area contributed by atoms with Crippen molar-refractivity contribution in [2.45, 2.75) is 19.8 Å². The number of imidazole rings is 1. The maximum absolute atomic E-state index is 11.6. The number of carbonyl (C=O) groups is 2. The number of nitrogens with one attached hydrogen (secondary N) is 1. The lowest BCUT2D eigenvalue weighted by Crippen LogP contribution is -2.28. The number of ether oxygens (including phenoxy) is 1. The first-order valence-corrected chi connectivity index (χ1v) is 6.90. The number of carbonyl (C=O) groups excluding carboxylic acids is 2. The Morgan fingerprint density at radius 2 is 2.37 bits per heavy atom. The van der Waals surface area contributed by atoms with Crippen LogP contribution in [0.25, 0.3) is 4.96 Å². The van der Waals surface area contributed by atoms with E-state index in [0.717, 1.165) is 10.7 Å². The first-order chi connectivity index (χ1) is 9.19.